The number of hydrogen-bond donors (Lipinski definition) is 1. The van der Waals surface area contributed by atoms with E-state index >= 15 is 0 Å². The van der Waals surface area contributed by atoms with Crippen LogP contribution in [-0.4, -0.2) is 15.8 Å². The first kappa shape index (κ1) is 14.2. The fraction of sp³-hybridized carbons (Fsp3) is 0.167. The largest absolute Gasteiger partial charge is 0.387 e. The van der Waals surface area contributed by atoms with Crippen LogP contribution in [0.5, 0.6) is 0 Å². The minimum atomic E-state index is 0.210. The van der Waals surface area contributed by atoms with Gasteiger partial charge in [-0.25, -0.2) is 9.98 Å². The molecule has 0 aliphatic carbocycles. The van der Waals surface area contributed by atoms with Gasteiger partial charge >= 0.3 is 0 Å². The van der Waals surface area contributed by atoms with Crippen LogP contribution in [0.1, 0.15) is 31.0 Å². The molecule has 0 fully saturated rings. The molecule has 4 nitrogen and oxygen atoms in total. The molecule has 0 saturated heterocycles. The molecular formula is C18H18N4. The molecule has 0 saturated carbocycles. The number of nitrogens with two attached hydrogens (primary N) is 1. The molecule has 1 heterocycles. The van der Waals surface area contributed by atoms with Crippen molar-refractivity contribution >= 4 is 22.6 Å². The summed E-state index contributed by atoms with van der Waals surface area (Å²) in [5.41, 5.74) is 10.3. The second kappa shape index (κ2) is 5.93. The van der Waals surface area contributed by atoms with Crippen LogP contribution in [0.25, 0.3) is 11.0 Å². The highest BCUT2D eigenvalue weighted by Gasteiger charge is 2.11. The summed E-state index contributed by atoms with van der Waals surface area (Å²) in [6.07, 6.45) is 1.84. The first-order valence-electron chi connectivity index (χ1n) is 7.26. The molecule has 2 N–H and O–H groups in total. The molecule has 2 aromatic carbocycles. The van der Waals surface area contributed by atoms with Gasteiger partial charge < -0.3 is 5.73 Å². The van der Waals surface area contributed by atoms with Gasteiger partial charge in [0, 0.05) is 12.1 Å². The zero-order valence-corrected chi connectivity index (χ0v) is 12.7. The van der Waals surface area contributed by atoms with Gasteiger partial charge in [-0.15, -0.1) is 0 Å². The van der Waals surface area contributed by atoms with Crippen LogP contribution in [0.3, 0.4) is 0 Å². The fourth-order valence-corrected chi connectivity index (χ4v) is 2.41. The number of aromatic nitrogens is 2. The third kappa shape index (κ3) is 2.96. The smallest absolute Gasteiger partial charge is 0.0964 e. The van der Waals surface area contributed by atoms with Gasteiger partial charge in [-0.1, -0.05) is 37.3 Å². The number of fused-ring (bicyclic) bond motifs is 1. The summed E-state index contributed by atoms with van der Waals surface area (Å²) in [5.74, 6) is 0.740. The molecule has 22 heavy (non-hydrogen) atoms. The summed E-state index contributed by atoms with van der Waals surface area (Å²) >= 11 is 0. The average Bonchev–Trinajstić information content (AvgIpc) is 2.54. The van der Waals surface area contributed by atoms with Crippen molar-refractivity contribution in [2.24, 2.45) is 10.7 Å². The van der Waals surface area contributed by atoms with Gasteiger partial charge in [0.05, 0.1) is 28.3 Å². The topological polar surface area (TPSA) is 64.2 Å². The number of benzene rings is 2. The van der Waals surface area contributed by atoms with E-state index in [1.807, 2.05) is 42.6 Å². The monoisotopic (exact) mass is 290 g/mol. The number of amidine groups is 1. The van der Waals surface area contributed by atoms with Gasteiger partial charge in [0.15, 0.2) is 0 Å². The normalized spacial score (nSPS) is 13.3. The van der Waals surface area contributed by atoms with Crippen molar-refractivity contribution in [3.8, 4) is 0 Å². The third-order valence-electron chi connectivity index (χ3n) is 3.59. The standard InChI is InChI=1S/C18H18N4/c1-12(14-6-4-3-5-7-14)18-11-20-17-10-15(21-13(2)19)8-9-16(17)22-18/h3-12H,1-2H3,(H2,19,21). The molecule has 4 heteroatoms. The minimum Gasteiger partial charge on any atom is -0.387 e. The Morgan fingerprint density at radius 2 is 1.86 bits per heavy atom. The fourth-order valence-electron chi connectivity index (χ4n) is 2.41. The molecule has 1 atom stereocenters. The molecular weight excluding hydrogens is 272 g/mol. The lowest BCUT2D eigenvalue weighted by molar-refractivity contribution is 0.870. The molecule has 1 unspecified atom stereocenters. The minimum absolute atomic E-state index is 0.210. The SMILES string of the molecule is CC(N)=Nc1ccc2nc(C(C)c3ccccc3)cnc2c1. The maximum Gasteiger partial charge on any atom is 0.0964 e. The van der Waals surface area contributed by atoms with Gasteiger partial charge in [-0.05, 0) is 30.7 Å². The number of aliphatic imine (C=N–C) groups is 1. The summed E-state index contributed by atoms with van der Waals surface area (Å²) < 4.78 is 0. The van der Waals surface area contributed by atoms with E-state index < -0.39 is 0 Å². The predicted molar refractivity (Wildman–Crippen MR) is 90.5 cm³/mol. The lowest BCUT2D eigenvalue weighted by Crippen LogP contribution is -2.03. The Hall–Kier alpha value is -2.75. The van der Waals surface area contributed by atoms with E-state index in [0.717, 1.165) is 22.4 Å². The number of nitrogens with zero attached hydrogens (tertiary/aromatic N) is 3. The van der Waals surface area contributed by atoms with Crippen LogP contribution >= 0.6 is 0 Å². The summed E-state index contributed by atoms with van der Waals surface area (Å²) in [7, 11) is 0. The van der Waals surface area contributed by atoms with E-state index in [0.29, 0.717) is 5.84 Å². The zero-order valence-electron chi connectivity index (χ0n) is 12.7. The van der Waals surface area contributed by atoms with Crippen LogP contribution in [0, 0.1) is 0 Å². The summed E-state index contributed by atoms with van der Waals surface area (Å²) in [6, 6.07) is 16.1. The molecule has 0 radical (unpaired) electrons. The van der Waals surface area contributed by atoms with Crippen molar-refractivity contribution in [1.82, 2.24) is 9.97 Å². The van der Waals surface area contributed by atoms with Gasteiger partial charge in [-0.3, -0.25) is 4.98 Å². The highest BCUT2D eigenvalue weighted by molar-refractivity contribution is 5.83. The van der Waals surface area contributed by atoms with Crippen molar-refractivity contribution in [3.05, 3.63) is 66.0 Å². The van der Waals surface area contributed by atoms with Crippen molar-refractivity contribution in [1.29, 1.82) is 0 Å². The second-order valence-corrected chi connectivity index (χ2v) is 5.35. The third-order valence-corrected chi connectivity index (χ3v) is 3.59. The second-order valence-electron chi connectivity index (χ2n) is 5.35. The molecule has 0 bridgehead atoms. The molecule has 1 aromatic heterocycles. The lowest BCUT2D eigenvalue weighted by atomic mass is 9.98. The van der Waals surface area contributed by atoms with Crippen LogP contribution in [0.2, 0.25) is 0 Å². The molecule has 0 spiro atoms. The van der Waals surface area contributed by atoms with Crippen molar-refractivity contribution < 1.29 is 0 Å². The zero-order chi connectivity index (χ0) is 15.5. The van der Waals surface area contributed by atoms with Crippen molar-refractivity contribution in [2.45, 2.75) is 19.8 Å². The van der Waals surface area contributed by atoms with Crippen LogP contribution < -0.4 is 5.73 Å². The summed E-state index contributed by atoms with van der Waals surface area (Å²) in [4.78, 5) is 13.5. The first-order valence-corrected chi connectivity index (χ1v) is 7.26. The van der Waals surface area contributed by atoms with Gasteiger partial charge in [0.2, 0.25) is 0 Å². The van der Waals surface area contributed by atoms with Crippen molar-refractivity contribution in [3.63, 3.8) is 0 Å². The van der Waals surface area contributed by atoms with Crippen molar-refractivity contribution in [2.75, 3.05) is 0 Å². The maximum absolute atomic E-state index is 5.61. The Kier molecular flexibility index (Phi) is 3.83. The Labute approximate surface area is 129 Å². The summed E-state index contributed by atoms with van der Waals surface area (Å²) in [6.45, 7) is 3.90. The Bertz CT molecular complexity index is 821. The van der Waals surface area contributed by atoms with E-state index in [9.17, 15) is 0 Å². The Morgan fingerprint density at radius 1 is 1.09 bits per heavy atom. The van der Waals surface area contributed by atoms with E-state index in [1.165, 1.54) is 5.56 Å². The van der Waals surface area contributed by atoms with E-state index in [2.05, 4.69) is 29.0 Å². The van der Waals surface area contributed by atoms with Gasteiger partial charge in [0.25, 0.3) is 0 Å². The molecule has 0 amide bonds. The van der Waals surface area contributed by atoms with Gasteiger partial charge in [0.1, 0.15) is 0 Å². The van der Waals surface area contributed by atoms with E-state index in [-0.39, 0.29) is 5.92 Å². The van der Waals surface area contributed by atoms with E-state index in [4.69, 9.17) is 10.7 Å². The quantitative estimate of drug-likeness (QED) is 0.589. The Morgan fingerprint density at radius 3 is 2.59 bits per heavy atom. The molecule has 3 aromatic rings. The highest BCUT2D eigenvalue weighted by Crippen LogP contribution is 2.24. The number of hydrogen-bond acceptors (Lipinski definition) is 3. The summed E-state index contributed by atoms with van der Waals surface area (Å²) in [5, 5.41) is 0. The molecule has 110 valence electrons. The lowest BCUT2D eigenvalue weighted by Gasteiger charge is -2.11. The highest BCUT2D eigenvalue weighted by atomic mass is 14.9. The van der Waals surface area contributed by atoms with Crippen LogP contribution in [0.15, 0.2) is 59.7 Å². The van der Waals surface area contributed by atoms with Gasteiger partial charge in [-0.2, -0.15) is 0 Å². The maximum atomic E-state index is 5.61. The average molecular weight is 290 g/mol. The van der Waals surface area contributed by atoms with E-state index in [1.54, 1.807) is 6.92 Å². The van der Waals surface area contributed by atoms with Crippen LogP contribution in [-0.2, 0) is 0 Å². The predicted octanol–water partition coefficient (Wildman–Crippen LogP) is 3.79. The first-order chi connectivity index (χ1) is 10.6. The molecule has 0 aliphatic heterocycles. The molecule has 3 rings (SSSR count). The number of rotatable bonds is 3. The Balaban J connectivity index is 1.98. The van der Waals surface area contributed by atoms with Crippen LogP contribution in [0.4, 0.5) is 5.69 Å². The molecule has 0 aliphatic rings.